The first-order valence-electron chi connectivity index (χ1n) is 14.8. The summed E-state index contributed by atoms with van der Waals surface area (Å²) in [6.07, 6.45) is 0.532. The van der Waals surface area contributed by atoms with Gasteiger partial charge >= 0.3 is 12.2 Å². The van der Waals surface area contributed by atoms with Crippen molar-refractivity contribution in [2.24, 2.45) is 0 Å². The first kappa shape index (κ1) is 28.5. The molecular formula is C30H34F4N6O3. The van der Waals surface area contributed by atoms with Crippen LogP contribution in [-0.4, -0.2) is 88.7 Å². The first-order valence-corrected chi connectivity index (χ1v) is 14.8. The highest BCUT2D eigenvalue weighted by Crippen LogP contribution is 2.43. The van der Waals surface area contributed by atoms with Crippen molar-refractivity contribution in [2.75, 3.05) is 44.8 Å². The summed E-state index contributed by atoms with van der Waals surface area (Å²) < 4.78 is 69.2. The zero-order valence-corrected chi connectivity index (χ0v) is 23.8. The summed E-state index contributed by atoms with van der Waals surface area (Å²) in [4.78, 5) is 18.1. The fraction of sp³-hybridized carbons (Fsp3) is 0.567. The Morgan fingerprint density at radius 2 is 1.84 bits per heavy atom. The Morgan fingerprint density at radius 3 is 2.51 bits per heavy atom. The number of phenols is 1. The van der Waals surface area contributed by atoms with Gasteiger partial charge in [0, 0.05) is 44.0 Å². The molecule has 13 heteroatoms. The summed E-state index contributed by atoms with van der Waals surface area (Å²) in [5, 5.41) is 14.1. The number of alkyl halides is 3. The minimum Gasteiger partial charge on any atom is -0.508 e. The summed E-state index contributed by atoms with van der Waals surface area (Å²) in [5.74, 6) is -0.767. The largest absolute Gasteiger partial charge is 0.508 e. The molecule has 230 valence electrons. The third kappa shape index (κ3) is 5.04. The number of methoxy groups -OCH3 is 1. The fourth-order valence-corrected chi connectivity index (χ4v) is 7.56. The number of hydrogen-bond acceptors (Lipinski definition) is 9. The fourth-order valence-electron chi connectivity index (χ4n) is 7.56. The SMILES string of the molecule is COC(c1ccc(O)cc1-c1ncc2c(N3CC4CCC(C3)N4)nc(OCC34CCCN3CCC4)nc2c1F)C(F)(F)F. The van der Waals surface area contributed by atoms with Gasteiger partial charge in [-0.15, -0.1) is 0 Å². The Bertz CT molecular complexity index is 1520. The lowest BCUT2D eigenvalue weighted by Gasteiger charge is -2.34. The van der Waals surface area contributed by atoms with E-state index in [0.29, 0.717) is 30.9 Å². The van der Waals surface area contributed by atoms with Crippen molar-refractivity contribution in [1.82, 2.24) is 25.2 Å². The topological polar surface area (TPSA) is 95.9 Å². The van der Waals surface area contributed by atoms with E-state index in [-0.39, 0.29) is 51.7 Å². The summed E-state index contributed by atoms with van der Waals surface area (Å²) >= 11 is 0. The van der Waals surface area contributed by atoms with Gasteiger partial charge in [-0.2, -0.15) is 23.1 Å². The second-order valence-corrected chi connectivity index (χ2v) is 12.2. The summed E-state index contributed by atoms with van der Waals surface area (Å²) in [7, 11) is 0.929. The maximum absolute atomic E-state index is 16.5. The van der Waals surface area contributed by atoms with Crippen molar-refractivity contribution in [3.05, 3.63) is 35.8 Å². The molecular weight excluding hydrogens is 568 g/mol. The molecule has 0 aliphatic carbocycles. The number of aromatic nitrogens is 3. The summed E-state index contributed by atoms with van der Waals surface area (Å²) in [6.45, 7) is 3.75. The normalized spacial score (nSPS) is 24.1. The Balaban J connectivity index is 1.34. The number of anilines is 1. The summed E-state index contributed by atoms with van der Waals surface area (Å²) in [6, 6.07) is 3.82. The van der Waals surface area contributed by atoms with Crippen LogP contribution in [0.1, 0.15) is 50.2 Å². The van der Waals surface area contributed by atoms with E-state index in [1.165, 1.54) is 6.20 Å². The standard InChI is InChI=1S/C30H34F4N6O3/c1-42-26(30(32,33)34)20-7-6-19(41)12-21(20)24-23(31)25-22(13-35-24)27(39-14-17-4-5-18(15-39)36-17)38-28(37-25)43-16-29-8-2-10-40(29)11-3-9-29/h6-7,12-13,17-18,26,36,41H,2-5,8-11,14-16H2,1H3. The molecule has 3 aromatic rings. The van der Waals surface area contributed by atoms with Crippen LogP contribution in [0.25, 0.3) is 22.2 Å². The molecule has 2 N–H and O–H groups in total. The van der Waals surface area contributed by atoms with Crippen molar-refractivity contribution < 1.29 is 32.1 Å². The van der Waals surface area contributed by atoms with Gasteiger partial charge in [0.2, 0.25) is 0 Å². The van der Waals surface area contributed by atoms with Crippen LogP contribution >= 0.6 is 0 Å². The molecule has 4 aliphatic heterocycles. The average Bonchev–Trinajstić information content (AvgIpc) is 3.66. The Labute approximate surface area is 246 Å². The van der Waals surface area contributed by atoms with E-state index in [2.05, 4.69) is 25.1 Å². The number of piperazine rings is 1. The van der Waals surface area contributed by atoms with Crippen LogP contribution in [0.2, 0.25) is 0 Å². The van der Waals surface area contributed by atoms with Gasteiger partial charge in [-0.05, 0) is 69.3 Å². The van der Waals surface area contributed by atoms with E-state index in [1.54, 1.807) is 0 Å². The van der Waals surface area contributed by atoms with Crippen LogP contribution in [0.5, 0.6) is 11.8 Å². The minimum absolute atomic E-state index is 0.0266. The number of ether oxygens (including phenoxy) is 2. The third-order valence-electron chi connectivity index (χ3n) is 9.55. The van der Waals surface area contributed by atoms with Crippen molar-refractivity contribution in [3.63, 3.8) is 0 Å². The molecule has 9 nitrogen and oxygen atoms in total. The molecule has 1 aromatic carbocycles. The molecule has 3 unspecified atom stereocenters. The van der Waals surface area contributed by atoms with Crippen molar-refractivity contribution >= 4 is 16.7 Å². The van der Waals surface area contributed by atoms with Crippen molar-refractivity contribution in [2.45, 2.75) is 68.4 Å². The number of pyridine rings is 1. The van der Waals surface area contributed by atoms with E-state index < -0.39 is 18.1 Å². The molecule has 4 aliphatic rings. The highest BCUT2D eigenvalue weighted by Gasteiger charge is 2.45. The molecule has 2 aromatic heterocycles. The van der Waals surface area contributed by atoms with Gasteiger partial charge in [0.05, 0.1) is 10.9 Å². The van der Waals surface area contributed by atoms with Gasteiger partial charge in [-0.1, -0.05) is 6.07 Å². The number of hydrogen-bond donors (Lipinski definition) is 2. The number of phenolic OH excluding ortho intramolecular Hbond substituents is 1. The number of halogens is 4. The van der Waals surface area contributed by atoms with E-state index in [4.69, 9.17) is 14.5 Å². The predicted octanol–water partition coefficient (Wildman–Crippen LogP) is 4.73. The van der Waals surface area contributed by atoms with Crippen molar-refractivity contribution in [1.29, 1.82) is 0 Å². The zero-order valence-electron chi connectivity index (χ0n) is 23.8. The Kier molecular flexibility index (Phi) is 7.09. The zero-order chi connectivity index (χ0) is 29.9. The molecule has 43 heavy (non-hydrogen) atoms. The monoisotopic (exact) mass is 602 g/mol. The Morgan fingerprint density at radius 1 is 1.12 bits per heavy atom. The number of rotatable bonds is 7. The lowest BCUT2D eigenvalue weighted by molar-refractivity contribution is -0.215. The molecule has 7 rings (SSSR count). The Hall–Kier alpha value is -3.29. The van der Waals surface area contributed by atoms with E-state index in [9.17, 15) is 18.3 Å². The van der Waals surface area contributed by atoms with Crippen LogP contribution in [0.4, 0.5) is 23.4 Å². The predicted molar refractivity (Wildman–Crippen MR) is 151 cm³/mol. The van der Waals surface area contributed by atoms with E-state index in [1.807, 2.05) is 0 Å². The lowest BCUT2D eigenvalue weighted by atomic mass is 9.95. The van der Waals surface area contributed by atoms with Gasteiger partial charge in [0.25, 0.3) is 0 Å². The molecule has 0 saturated carbocycles. The molecule has 4 saturated heterocycles. The van der Waals surface area contributed by atoms with Crippen LogP contribution in [0, 0.1) is 5.82 Å². The van der Waals surface area contributed by atoms with Crippen LogP contribution < -0.4 is 15.0 Å². The average molecular weight is 603 g/mol. The number of fused-ring (bicyclic) bond motifs is 4. The van der Waals surface area contributed by atoms with Gasteiger partial charge in [-0.25, -0.2) is 4.39 Å². The smallest absolute Gasteiger partial charge is 0.418 e. The molecule has 2 bridgehead atoms. The van der Waals surface area contributed by atoms with Crippen LogP contribution in [0.15, 0.2) is 24.4 Å². The number of nitrogens with zero attached hydrogens (tertiary/aromatic N) is 5. The highest BCUT2D eigenvalue weighted by atomic mass is 19.4. The van der Waals surface area contributed by atoms with Gasteiger partial charge in [-0.3, -0.25) is 9.88 Å². The van der Waals surface area contributed by atoms with E-state index >= 15 is 4.39 Å². The lowest BCUT2D eigenvalue weighted by Crippen LogP contribution is -2.51. The molecule has 0 spiro atoms. The van der Waals surface area contributed by atoms with Gasteiger partial charge < -0.3 is 24.8 Å². The molecule has 4 fully saturated rings. The van der Waals surface area contributed by atoms with Crippen LogP contribution in [0.3, 0.4) is 0 Å². The van der Waals surface area contributed by atoms with Crippen LogP contribution in [-0.2, 0) is 4.74 Å². The highest BCUT2D eigenvalue weighted by molar-refractivity contribution is 5.92. The third-order valence-corrected chi connectivity index (χ3v) is 9.55. The first-order chi connectivity index (χ1) is 20.6. The maximum Gasteiger partial charge on any atom is 0.418 e. The van der Waals surface area contributed by atoms with Gasteiger partial charge in [0.1, 0.15) is 29.4 Å². The number of benzene rings is 1. The van der Waals surface area contributed by atoms with Crippen molar-refractivity contribution in [3.8, 4) is 23.0 Å². The summed E-state index contributed by atoms with van der Waals surface area (Å²) in [5.41, 5.74) is -1.17. The van der Waals surface area contributed by atoms with Gasteiger partial charge in [0.15, 0.2) is 11.9 Å². The molecule has 0 amide bonds. The quantitative estimate of drug-likeness (QED) is 0.372. The number of aromatic hydroxyl groups is 1. The number of nitrogens with one attached hydrogen (secondary N) is 1. The maximum atomic E-state index is 16.5. The molecule has 3 atom stereocenters. The second kappa shape index (κ2) is 10.7. The van der Waals surface area contributed by atoms with E-state index in [0.717, 1.165) is 76.9 Å². The minimum atomic E-state index is -4.78. The second-order valence-electron chi connectivity index (χ2n) is 12.2. The molecule has 6 heterocycles. The molecule has 0 radical (unpaired) electrons.